The zero-order valence-electron chi connectivity index (χ0n) is 8.43. The molecule has 0 spiro atoms. The molecule has 1 aromatic heterocycles. The van der Waals surface area contributed by atoms with Crippen LogP contribution in [0.2, 0.25) is 5.02 Å². The van der Waals surface area contributed by atoms with Gasteiger partial charge in [0.25, 0.3) is 0 Å². The van der Waals surface area contributed by atoms with Gasteiger partial charge in [0.2, 0.25) is 0 Å². The molecule has 0 unspecified atom stereocenters. The molecule has 0 saturated carbocycles. The lowest BCUT2D eigenvalue weighted by Crippen LogP contribution is -1.99. The summed E-state index contributed by atoms with van der Waals surface area (Å²) in [6.07, 6.45) is 1.81. The van der Waals surface area contributed by atoms with Crippen LogP contribution in [0.3, 0.4) is 0 Å². The molecule has 0 amide bonds. The first kappa shape index (κ1) is 11.8. The Kier molecular flexibility index (Phi) is 4.51. The first-order valence-corrected chi connectivity index (χ1v) is 6.99. The van der Waals surface area contributed by atoms with E-state index in [2.05, 4.69) is 4.98 Å². The quantitative estimate of drug-likeness (QED) is 0.607. The van der Waals surface area contributed by atoms with Crippen molar-refractivity contribution in [2.24, 2.45) is 0 Å². The van der Waals surface area contributed by atoms with Gasteiger partial charge in [0, 0.05) is 22.4 Å². The van der Waals surface area contributed by atoms with E-state index in [0.717, 1.165) is 15.8 Å². The molecule has 84 valence electrons. The molecule has 0 saturated heterocycles. The summed E-state index contributed by atoms with van der Waals surface area (Å²) in [4.78, 5) is 4.18. The average Bonchev–Trinajstić information content (AvgIpc) is 2.77. The molecule has 2 nitrogen and oxygen atoms in total. The maximum absolute atomic E-state index is 5.85. The van der Waals surface area contributed by atoms with Crippen LogP contribution in [-0.4, -0.2) is 17.3 Å². The summed E-state index contributed by atoms with van der Waals surface area (Å²) in [7, 11) is 0. The van der Waals surface area contributed by atoms with Gasteiger partial charge < -0.3 is 4.74 Å². The SMILES string of the molecule is Clc1cccc(OCCSc2nccs2)c1. The van der Waals surface area contributed by atoms with Crippen LogP contribution >= 0.6 is 34.7 Å². The number of benzene rings is 1. The van der Waals surface area contributed by atoms with Crippen LogP contribution in [0, 0.1) is 0 Å². The van der Waals surface area contributed by atoms with Crippen LogP contribution in [0.1, 0.15) is 0 Å². The summed E-state index contributed by atoms with van der Waals surface area (Å²) in [5.74, 6) is 1.70. The lowest BCUT2D eigenvalue weighted by Gasteiger charge is -2.04. The highest BCUT2D eigenvalue weighted by Gasteiger charge is 1.98. The van der Waals surface area contributed by atoms with Crippen LogP contribution in [-0.2, 0) is 0 Å². The molecule has 0 aliphatic heterocycles. The van der Waals surface area contributed by atoms with Gasteiger partial charge in [-0.15, -0.1) is 11.3 Å². The lowest BCUT2D eigenvalue weighted by molar-refractivity contribution is 0.344. The lowest BCUT2D eigenvalue weighted by atomic mass is 10.3. The topological polar surface area (TPSA) is 22.1 Å². The molecule has 1 aromatic carbocycles. The van der Waals surface area contributed by atoms with Crippen molar-refractivity contribution in [3.05, 3.63) is 40.9 Å². The fourth-order valence-corrected chi connectivity index (χ4v) is 2.83. The van der Waals surface area contributed by atoms with Crippen molar-refractivity contribution < 1.29 is 4.74 Å². The van der Waals surface area contributed by atoms with E-state index in [0.29, 0.717) is 11.6 Å². The van der Waals surface area contributed by atoms with E-state index in [1.165, 1.54) is 0 Å². The largest absolute Gasteiger partial charge is 0.493 e. The predicted molar refractivity (Wildman–Crippen MR) is 69.8 cm³/mol. The number of halogens is 1. The van der Waals surface area contributed by atoms with Gasteiger partial charge in [0.05, 0.1) is 6.61 Å². The van der Waals surface area contributed by atoms with Crippen molar-refractivity contribution in [3.8, 4) is 5.75 Å². The number of hydrogen-bond acceptors (Lipinski definition) is 4. The van der Waals surface area contributed by atoms with Gasteiger partial charge in [-0.25, -0.2) is 4.98 Å². The Morgan fingerprint density at radius 1 is 1.44 bits per heavy atom. The second kappa shape index (κ2) is 6.13. The van der Waals surface area contributed by atoms with E-state index < -0.39 is 0 Å². The van der Waals surface area contributed by atoms with Crippen LogP contribution in [0.4, 0.5) is 0 Å². The predicted octanol–water partition coefficient (Wildman–Crippen LogP) is 3.97. The minimum absolute atomic E-state index is 0.657. The molecular formula is C11H10ClNOS2. The average molecular weight is 272 g/mol. The number of nitrogens with zero attached hydrogens (tertiary/aromatic N) is 1. The van der Waals surface area contributed by atoms with Crippen LogP contribution < -0.4 is 4.74 Å². The van der Waals surface area contributed by atoms with E-state index in [9.17, 15) is 0 Å². The second-order valence-electron chi connectivity index (χ2n) is 2.95. The fourth-order valence-electron chi connectivity index (χ4n) is 1.13. The molecule has 2 rings (SSSR count). The van der Waals surface area contributed by atoms with Gasteiger partial charge in [0.15, 0.2) is 0 Å². The number of rotatable bonds is 5. The second-order valence-corrected chi connectivity index (χ2v) is 5.63. The summed E-state index contributed by atoms with van der Waals surface area (Å²) >= 11 is 9.19. The van der Waals surface area contributed by atoms with Gasteiger partial charge in [0.1, 0.15) is 10.1 Å². The highest BCUT2D eigenvalue weighted by atomic mass is 35.5. The maximum Gasteiger partial charge on any atom is 0.149 e. The minimum atomic E-state index is 0.657. The van der Waals surface area contributed by atoms with E-state index >= 15 is 0 Å². The normalized spacial score (nSPS) is 10.3. The molecule has 0 aliphatic carbocycles. The summed E-state index contributed by atoms with van der Waals surface area (Å²) in [6.45, 7) is 0.657. The minimum Gasteiger partial charge on any atom is -0.493 e. The Labute approximate surface area is 108 Å². The van der Waals surface area contributed by atoms with Crippen molar-refractivity contribution in [1.29, 1.82) is 0 Å². The third-order valence-electron chi connectivity index (χ3n) is 1.78. The molecule has 0 atom stereocenters. The molecular weight excluding hydrogens is 262 g/mol. The summed E-state index contributed by atoms with van der Waals surface area (Å²) < 4.78 is 6.64. The Hall–Kier alpha value is -0.710. The maximum atomic E-state index is 5.85. The highest BCUT2D eigenvalue weighted by molar-refractivity contribution is 8.01. The molecule has 16 heavy (non-hydrogen) atoms. The molecule has 0 aliphatic rings. The first-order valence-electron chi connectivity index (χ1n) is 4.75. The number of hydrogen-bond donors (Lipinski definition) is 0. The van der Waals surface area contributed by atoms with E-state index in [4.69, 9.17) is 16.3 Å². The van der Waals surface area contributed by atoms with Crippen molar-refractivity contribution >= 4 is 34.7 Å². The summed E-state index contributed by atoms with van der Waals surface area (Å²) in [5, 5.41) is 2.67. The summed E-state index contributed by atoms with van der Waals surface area (Å²) in [5.41, 5.74) is 0. The Bertz CT molecular complexity index is 433. The van der Waals surface area contributed by atoms with E-state index in [1.807, 2.05) is 35.8 Å². The van der Waals surface area contributed by atoms with Gasteiger partial charge >= 0.3 is 0 Å². The van der Waals surface area contributed by atoms with Crippen LogP contribution in [0.5, 0.6) is 5.75 Å². The third-order valence-corrected chi connectivity index (χ3v) is 3.95. The number of thioether (sulfide) groups is 1. The monoisotopic (exact) mass is 271 g/mol. The Balaban J connectivity index is 1.72. The first-order chi connectivity index (χ1) is 7.84. The molecule has 2 aromatic rings. The number of thiazole rings is 1. The number of aromatic nitrogens is 1. The smallest absolute Gasteiger partial charge is 0.149 e. The Morgan fingerprint density at radius 2 is 2.38 bits per heavy atom. The van der Waals surface area contributed by atoms with Crippen molar-refractivity contribution in [2.45, 2.75) is 4.34 Å². The molecule has 0 fully saturated rings. The molecule has 0 radical (unpaired) electrons. The molecule has 0 bridgehead atoms. The van der Waals surface area contributed by atoms with Crippen molar-refractivity contribution in [3.63, 3.8) is 0 Å². The van der Waals surface area contributed by atoms with E-state index in [1.54, 1.807) is 23.1 Å². The van der Waals surface area contributed by atoms with Gasteiger partial charge in [-0.3, -0.25) is 0 Å². The van der Waals surface area contributed by atoms with Gasteiger partial charge in [-0.05, 0) is 18.2 Å². The van der Waals surface area contributed by atoms with E-state index in [-0.39, 0.29) is 0 Å². The standard InChI is InChI=1S/C11H10ClNOS2/c12-9-2-1-3-10(8-9)14-5-7-16-11-13-4-6-15-11/h1-4,6,8H,5,7H2. The van der Waals surface area contributed by atoms with Crippen LogP contribution in [0.25, 0.3) is 0 Å². The fraction of sp³-hybridized carbons (Fsp3) is 0.182. The molecule has 1 heterocycles. The zero-order chi connectivity index (χ0) is 11.2. The van der Waals surface area contributed by atoms with Gasteiger partial charge in [-0.2, -0.15) is 0 Å². The van der Waals surface area contributed by atoms with Crippen molar-refractivity contribution in [2.75, 3.05) is 12.4 Å². The van der Waals surface area contributed by atoms with Crippen molar-refractivity contribution in [1.82, 2.24) is 4.98 Å². The molecule has 0 N–H and O–H groups in total. The summed E-state index contributed by atoms with van der Waals surface area (Å²) in [6, 6.07) is 7.43. The Morgan fingerprint density at radius 3 is 3.12 bits per heavy atom. The number of ether oxygens (including phenoxy) is 1. The molecule has 5 heteroatoms. The third kappa shape index (κ3) is 3.70. The highest BCUT2D eigenvalue weighted by Crippen LogP contribution is 2.21. The zero-order valence-corrected chi connectivity index (χ0v) is 10.8. The van der Waals surface area contributed by atoms with Gasteiger partial charge in [-0.1, -0.05) is 29.4 Å². The van der Waals surface area contributed by atoms with Crippen LogP contribution in [0.15, 0.2) is 40.2 Å².